The van der Waals surface area contributed by atoms with Crippen molar-refractivity contribution < 1.29 is 19.4 Å². The van der Waals surface area contributed by atoms with Crippen molar-refractivity contribution in [2.24, 2.45) is 5.92 Å². The predicted molar refractivity (Wildman–Crippen MR) is 78.4 cm³/mol. The molecule has 1 saturated heterocycles. The topological polar surface area (TPSA) is 70.1 Å². The first-order valence-corrected chi connectivity index (χ1v) is 6.96. The van der Waals surface area contributed by atoms with E-state index in [-0.39, 0.29) is 19.2 Å². The zero-order valence-corrected chi connectivity index (χ0v) is 12.2. The number of anilines is 1. The van der Waals surface area contributed by atoms with E-state index in [1.54, 1.807) is 11.9 Å². The lowest BCUT2D eigenvalue weighted by Gasteiger charge is -2.33. The number of carbonyl (C=O) groups is 2. The average molecular weight is 292 g/mol. The normalized spacial score (nSPS) is 21.0. The van der Waals surface area contributed by atoms with E-state index >= 15 is 0 Å². The van der Waals surface area contributed by atoms with Gasteiger partial charge in [0.1, 0.15) is 5.92 Å². The molecule has 2 unspecified atom stereocenters. The Kier molecular flexibility index (Phi) is 4.80. The summed E-state index contributed by atoms with van der Waals surface area (Å²) >= 11 is 0. The molecule has 1 aromatic carbocycles. The van der Waals surface area contributed by atoms with Crippen LogP contribution in [0, 0.1) is 5.92 Å². The van der Waals surface area contributed by atoms with Crippen molar-refractivity contribution in [3.05, 3.63) is 30.3 Å². The number of benzene rings is 1. The van der Waals surface area contributed by atoms with Crippen LogP contribution in [-0.4, -0.2) is 54.9 Å². The summed E-state index contributed by atoms with van der Waals surface area (Å²) in [6, 6.07) is 8.63. The number of aliphatic carboxylic acids is 1. The lowest BCUT2D eigenvalue weighted by molar-refractivity contribution is -0.142. The van der Waals surface area contributed by atoms with Gasteiger partial charge in [0.25, 0.3) is 0 Å². The Balaban J connectivity index is 2.17. The number of nitrogens with zero attached hydrogens (tertiary/aromatic N) is 2. The minimum absolute atomic E-state index is 0.152. The molecule has 21 heavy (non-hydrogen) atoms. The summed E-state index contributed by atoms with van der Waals surface area (Å²) in [6.45, 7) is 2.69. The van der Waals surface area contributed by atoms with Crippen molar-refractivity contribution in [2.45, 2.75) is 13.0 Å². The van der Waals surface area contributed by atoms with Crippen molar-refractivity contribution in [3.63, 3.8) is 0 Å². The summed E-state index contributed by atoms with van der Waals surface area (Å²) in [5.41, 5.74) is 0.770. The van der Waals surface area contributed by atoms with E-state index in [4.69, 9.17) is 4.74 Å². The molecule has 1 aliphatic heterocycles. The Bertz CT molecular complexity index is 506. The molecule has 2 amide bonds. The monoisotopic (exact) mass is 292 g/mol. The third kappa shape index (κ3) is 3.16. The summed E-state index contributed by atoms with van der Waals surface area (Å²) in [6.07, 6.45) is 0. The fourth-order valence-corrected chi connectivity index (χ4v) is 2.55. The molecule has 0 aromatic heterocycles. The second kappa shape index (κ2) is 6.58. The van der Waals surface area contributed by atoms with Gasteiger partial charge >= 0.3 is 12.0 Å². The highest BCUT2D eigenvalue weighted by molar-refractivity contribution is 5.92. The maximum Gasteiger partial charge on any atom is 0.324 e. The van der Waals surface area contributed by atoms with Crippen LogP contribution in [0.15, 0.2) is 30.3 Å². The number of ether oxygens (including phenoxy) is 1. The average Bonchev–Trinajstić information content (AvgIpc) is 2.97. The van der Waals surface area contributed by atoms with Crippen molar-refractivity contribution in [1.82, 2.24) is 4.90 Å². The van der Waals surface area contributed by atoms with Gasteiger partial charge in [-0.25, -0.2) is 4.79 Å². The molecule has 2 atom stereocenters. The van der Waals surface area contributed by atoms with Gasteiger partial charge in [-0.3, -0.25) is 9.69 Å². The Hall–Kier alpha value is -2.08. The van der Waals surface area contributed by atoms with Crippen LogP contribution >= 0.6 is 0 Å². The first-order chi connectivity index (χ1) is 10.1. The number of hydrogen-bond acceptors (Lipinski definition) is 3. The van der Waals surface area contributed by atoms with Gasteiger partial charge in [-0.15, -0.1) is 0 Å². The molecule has 6 heteroatoms. The first kappa shape index (κ1) is 15.3. The Morgan fingerprint density at radius 1 is 1.29 bits per heavy atom. The van der Waals surface area contributed by atoms with E-state index < -0.39 is 17.9 Å². The lowest BCUT2D eigenvalue weighted by Crippen LogP contribution is -2.51. The Morgan fingerprint density at radius 3 is 2.52 bits per heavy atom. The molecule has 114 valence electrons. The van der Waals surface area contributed by atoms with Gasteiger partial charge in [0.05, 0.1) is 19.3 Å². The fraction of sp³-hybridized carbons (Fsp3) is 0.467. The minimum atomic E-state index is -0.925. The maximum atomic E-state index is 12.6. The largest absolute Gasteiger partial charge is 0.481 e. The van der Waals surface area contributed by atoms with Crippen LogP contribution in [0.5, 0.6) is 0 Å². The van der Waals surface area contributed by atoms with Crippen molar-refractivity contribution in [3.8, 4) is 0 Å². The zero-order chi connectivity index (χ0) is 15.4. The number of hydrogen-bond donors (Lipinski definition) is 1. The second-order valence-corrected chi connectivity index (χ2v) is 5.01. The van der Waals surface area contributed by atoms with Crippen LogP contribution in [0.1, 0.15) is 6.92 Å². The highest BCUT2D eigenvalue weighted by Gasteiger charge is 2.40. The van der Waals surface area contributed by atoms with E-state index in [2.05, 4.69) is 0 Å². The molecule has 1 aliphatic rings. The number of likely N-dealkylation sites (N-methyl/N-ethyl adjacent to an activating group) is 1. The molecule has 0 spiro atoms. The Labute approximate surface area is 123 Å². The minimum Gasteiger partial charge on any atom is -0.481 e. The molecule has 0 aliphatic carbocycles. The van der Waals surface area contributed by atoms with Crippen molar-refractivity contribution in [1.29, 1.82) is 0 Å². The number of para-hydroxylation sites is 1. The second-order valence-electron chi connectivity index (χ2n) is 5.01. The van der Waals surface area contributed by atoms with Crippen LogP contribution in [0.4, 0.5) is 10.5 Å². The van der Waals surface area contributed by atoms with E-state index in [9.17, 15) is 14.7 Å². The molecule has 0 bridgehead atoms. The van der Waals surface area contributed by atoms with Gasteiger partial charge in [0, 0.05) is 19.3 Å². The number of carboxylic acid groups (broad SMARTS) is 1. The molecule has 1 heterocycles. The van der Waals surface area contributed by atoms with Gasteiger partial charge in [0.15, 0.2) is 0 Å². The number of carboxylic acids is 1. The molecule has 0 saturated carbocycles. The summed E-state index contributed by atoms with van der Waals surface area (Å²) in [5.74, 6) is -1.59. The third-order valence-electron chi connectivity index (χ3n) is 3.78. The number of rotatable bonds is 4. The zero-order valence-electron chi connectivity index (χ0n) is 12.2. The highest BCUT2D eigenvalue weighted by Crippen LogP contribution is 2.22. The number of urea groups is 1. The number of amides is 2. The van der Waals surface area contributed by atoms with Gasteiger partial charge in [-0.1, -0.05) is 18.2 Å². The van der Waals surface area contributed by atoms with E-state index in [0.717, 1.165) is 5.69 Å². The SMILES string of the molecule is CCN(C(=O)N(C)c1ccccc1)C1COCC1C(=O)O. The maximum absolute atomic E-state index is 12.6. The smallest absolute Gasteiger partial charge is 0.324 e. The van der Waals surface area contributed by atoms with E-state index in [1.165, 1.54) is 4.90 Å². The van der Waals surface area contributed by atoms with Crippen LogP contribution < -0.4 is 4.90 Å². The first-order valence-electron chi connectivity index (χ1n) is 6.96. The number of carbonyl (C=O) groups excluding carboxylic acids is 1. The van der Waals surface area contributed by atoms with E-state index in [0.29, 0.717) is 6.54 Å². The summed E-state index contributed by atoms with van der Waals surface area (Å²) in [5, 5.41) is 9.23. The summed E-state index contributed by atoms with van der Waals surface area (Å²) in [7, 11) is 1.69. The Morgan fingerprint density at radius 2 is 1.95 bits per heavy atom. The highest BCUT2D eigenvalue weighted by atomic mass is 16.5. The molecule has 1 N–H and O–H groups in total. The third-order valence-corrected chi connectivity index (χ3v) is 3.78. The summed E-state index contributed by atoms with van der Waals surface area (Å²) < 4.78 is 5.26. The van der Waals surface area contributed by atoms with Crippen molar-refractivity contribution >= 4 is 17.7 Å². The molecular formula is C15H20N2O4. The van der Waals surface area contributed by atoms with Gasteiger partial charge < -0.3 is 14.7 Å². The van der Waals surface area contributed by atoms with E-state index in [1.807, 2.05) is 37.3 Å². The van der Waals surface area contributed by atoms with Crippen LogP contribution in [0.2, 0.25) is 0 Å². The predicted octanol–water partition coefficient (Wildman–Crippen LogP) is 1.66. The molecular weight excluding hydrogens is 272 g/mol. The standard InChI is InChI=1S/C15H20N2O4/c1-3-17(13-10-21-9-12(13)14(18)19)15(20)16(2)11-7-5-4-6-8-11/h4-8,12-13H,3,9-10H2,1-2H3,(H,18,19). The molecule has 1 fully saturated rings. The quantitative estimate of drug-likeness (QED) is 0.916. The van der Waals surface area contributed by atoms with Crippen LogP contribution in [0.3, 0.4) is 0 Å². The lowest BCUT2D eigenvalue weighted by atomic mass is 10.0. The van der Waals surface area contributed by atoms with Crippen LogP contribution in [0.25, 0.3) is 0 Å². The van der Waals surface area contributed by atoms with Crippen molar-refractivity contribution in [2.75, 3.05) is 31.7 Å². The van der Waals surface area contributed by atoms with Crippen LogP contribution in [-0.2, 0) is 9.53 Å². The van der Waals surface area contributed by atoms with Gasteiger partial charge in [-0.2, -0.15) is 0 Å². The molecule has 6 nitrogen and oxygen atoms in total. The molecule has 1 aromatic rings. The molecule has 0 radical (unpaired) electrons. The summed E-state index contributed by atoms with van der Waals surface area (Å²) in [4.78, 5) is 27.0. The van der Waals surface area contributed by atoms with Gasteiger partial charge in [0.2, 0.25) is 0 Å². The van der Waals surface area contributed by atoms with Gasteiger partial charge in [-0.05, 0) is 19.1 Å². The fourth-order valence-electron chi connectivity index (χ4n) is 2.55. The molecule has 2 rings (SSSR count).